The van der Waals surface area contributed by atoms with Gasteiger partial charge in [-0.25, -0.2) is 4.79 Å². The Morgan fingerprint density at radius 2 is 2.20 bits per heavy atom. The molecule has 4 nitrogen and oxygen atoms in total. The molecular weight excluding hydrogens is 192 g/mol. The summed E-state index contributed by atoms with van der Waals surface area (Å²) in [6.45, 7) is 6.00. The van der Waals surface area contributed by atoms with Crippen molar-refractivity contribution in [1.29, 1.82) is 0 Å². The van der Waals surface area contributed by atoms with Gasteiger partial charge in [-0.15, -0.1) is 0 Å². The van der Waals surface area contributed by atoms with Gasteiger partial charge in [-0.05, 0) is 18.8 Å². The summed E-state index contributed by atoms with van der Waals surface area (Å²) in [5.74, 6) is -0.711. The first-order chi connectivity index (χ1) is 7.07. The van der Waals surface area contributed by atoms with Gasteiger partial charge in [-0.2, -0.15) is 5.10 Å². The van der Waals surface area contributed by atoms with E-state index in [1.165, 1.54) is 0 Å². The first-order valence-corrected chi connectivity index (χ1v) is 5.38. The fourth-order valence-corrected chi connectivity index (χ4v) is 1.58. The van der Waals surface area contributed by atoms with Crippen LogP contribution in [-0.2, 0) is 6.42 Å². The average Bonchev–Trinajstić information content (AvgIpc) is 2.58. The minimum absolute atomic E-state index is 0.166. The van der Waals surface area contributed by atoms with Crippen molar-refractivity contribution in [3.63, 3.8) is 0 Å². The van der Waals surface area contributed by atoms with Gasteiger partial charge < -0.3 is 5.11 Å². The van der Waals surface area contributed by atoms with E-state index < -0.39 is 5.97 Å². The summed E-state index contributed by atoms with van der Waals surface area (Å²) in [4.78, 5) is 11.1. The maximum absolute atomic E-state index is 11.1. The Balaban J connectivity index is 3.01. The van der Waals surface area contributed by atoms with Crippen LogP contribution in [0.4, 0.5) is 0 Å². The Bertz CT molecular complexity index is 342. The van der Waals surface area contributed by atoms with Gasteiger partial charge in [-0.3, -0.25) is 5.10 Å². The molecule has 0 aliphatic heterocycles. The molecule has 0 aliphatic rings. The second-order valence-electron chi connectivity index (χ2n) is 4.02. The monoisotopic (exact) mass is 210 g/mol. The third-order valence-corrected chi connectivity index (χ3v) is 2.43. The average molecular weight is 210 g/mol. The van der Waals surface area contributed by atoms with Crippen LogP contribution in [0.3, 0.4) is 0 Å². The summed E-state index contributed by atoms with van der Waals surface area (Å²) >= 11 is 0. The Kier molecular flexibility index (Phi) is 3.88. The van der Waals surface area contributed by atoms with Crippen molar-refractivity contribution in [2.45, 2.75) is 46.0 Å². The van der Waals surface area contributed by atoms with Crippen LogP contribution < -0.4 is 0 Å². The molecule has 15 heavy (non-hydrogen) atoms. The largest absolute Gasteiger partial charge is 0.478 e. The quantitative estimate of drug-likeness (QED) is 0.785. The number of carbonyl (C=O) groups is 1. The van der Waals surface area contributed by atoms with Crippen LogP contribution in [0.1, 0.15) is 61.3 Å². The van der Waals surface area contributed by atoms with Gasteiger partial charge in [0.25, 0.3) is 0 Å². The molecular formula is C11H18N2O2. The number of hydrogen-bond acceptors (Lipinski definition) is 2. The Morgan fingerprint density at radius 1 is 1.53 bits per heavy atom. The van der Waals surface area contributed by atoms with E-state index in [0.717, 1.165) is 25.0 Å². The minimum Gasteiger partial charge on any atom is -0.478 e. The smallest absolute Gasteiger partial charge is 0.339 e. The Labute approximate surface area is 89.7 Å². The maximum atomic E-state index is 11.1. The van der Waals surface area contributed by atoms with Crippen LogP contribution in [-0.4, -0.2) is 21.3 Å². The number of nitrogens with one attached hydrogen (secondary N) is 1. The summed E-state index contributed by atoms with van der Waals surface area (Å²) in [5, 5.41) is 16.0. The van der Waals surface area contributed by atoms with Gasteiger partial charge >= 0.3 is 5.97 Å². The molecule has 84 valence electrons. The summed E-state index contributed by atoms with van der Waals surface area (Å²) in [5.41, 5.74) is 1.79. The molecule has 0 spiro atoms. The molecule has 0 atom stereocenters. The SMILES string of the molecule is CCCCc1n[nH]c(C(C)C)c1C(=O)O. The van der Waals surface area contributed by atoms with Gasteiger partial charge in [-0.1, -0.05) is 27.2 Å². The van der Waals surface area contributed by atoms with E-state index in [1.54, 1.807) is 0 Å². The molecule has 0 saturated heterocycles. The topological polar surface area (TPSA) is 66.0 Å². The molecule has 0 unspecified atom stereocenters. The number of H-pyrrole nitrogens is 1. The molecule has 0 aliphatic carbocycles. The first kappa shape index (κ1) is 11.8. The van der Waals surface area contributed by atoms with Crippen molar-refractivity contribution < 1.29 is 9.90 Å². The number of aryl methyl sites for hydroxylation is 1. The van der Waals surface area contributed by atoms with Gasteiger partial charge in [0.15, 0.2) is 0 Å². The Morgan fingerprint density at radius 3 is 2.67 bits per heavy atom. The van der Waals surface area contributed by atoms with Crippen molar-refractivity contribution in [2.75, 3.05) is 0 Å². The van der Waals surface area contributed by atoms with Crippen LogP contribution in [0.2, 0.25) is 0 Å². The molecule has 1 aromatic heterocycles. The number of hydrogen-bond donors (Lipinski definition) is 2. The number of carboxylic acids is 1. The molecule has 0 fully saturated rings. The summed E-state index contributed by atoms with van der Waals surface area (Å²) in [6, 6.07) is 0. The van der Waals surface area contributed by atoms with Crippen LogP contribution >= 0.6 is 0 Å². The van der Waals surface area contributed by atoms with Crippen molar-refractivity contribution in [1.82, 2.24) is 10.2 Å². The van der Waals surface area contributed by atoms with Gasteiger partial charge in [0.05, 0.1) is 11.4 Å². The van der Waals surface area contributed by atoms with Crippen molar-refractivity contribution in [3.05, 3.63) is 17.0 Å². The highest BCUT2D eigenvalue weighted by Gasteiger charge is 2.20. The van der Waals surface area contributed by atoms with E-state index in [2.05, 4.69) is 17.1 Å². The van der Waals surface area contributed by atoms with E-state index in [1.807, 2.05) is 13.8 Å². The molecule has 2 N–H and O–H groups in total. The number of aromatic carboxylic acids is 1. The van der Waals surface area contributed by atoms with Gasteiger partial charge in [0.1, 0.15) is 5.56 Å². The number of carboxylic acid groups (broad SMARTS) is 1. The molecule has 0 aromatic carbocycles. The van der Waals surface area contributed by atoms with Crippen molar-refractivity contribution in [3.8, 4) is 0 Å². The molecule has 0 radical (unpaired) electrons. The zero-order valence-corrected chi connectivity index (χ0v) is 9.50. The van der Waals surface area contributed by atoms with Gasteiger partial charge in [0.2, 0.25) is 0 Å². The number of aromatic amines is 1. The predicted octanol–water partition coefficient (Wildman–Crippen LogP) is 2.57. The fourth-order valence-electron chi connectivity index (χ4n) is 1.58. The lowest BCUT2D eigenvalue weighted by atomic mass is 10.0. The first-order valence-electron chi connectivity index (χ1n) is 5.38. The molecule has 4 heteroatoms. The molecule has 0 amide bonds. The second kappa shape index (κ2) is 4.96. The third-order valence-electron chi connectivity index (χ3n) is 2.43. The molecule has 1 heterocycles. The van der Waals surface area contributed by atoms with Crippen LogP contribution in [0, 0.1) is 0 Å². The lowest BCUT2D eigenvalue weighted by molar-refractivity contribution is 0.0694. The normalized spacial score (nSPS) is 10.9. The summed E-state index contributed by atoms with van der Waals surface area (Å²) in [6.07, 6.45) is 2.76. The summed E-state index contributed by atoms with van der Waals surface area (Å²) < 4.78 is 0. The van der Waals surface area contributed by atoms with Crippen LogP contribution in [0.5, 0.6) is 0 Å². The lowest BCUT2D eigenvalue weighted by Gasteiger charge is -2.03. The molecule has 1 rings (SSSR count). The van der Waals surface area contributed by atoms with E-state index in [-0.39, 0.29) is 5.92 Å². The summed E-state index contributed by atoms with van der Waals surface area (Å²) in [7, 11) is 0. The zero-order valence-electron chi connectivity index (χ0n) is 9.50. The number of nitrogens with zero attached hydrogens (tertiary/aromatic N) is 1. The second-order valence-corrected chi connectivity index (χ2v) is 4.02. The Hall–Kier alpha value is -1.32. The highest BCUT2D eigenvalue weighted by Crippen LogP contribution is 2.21. The van der Waals surface area contributed by atoms with Crippen molar-refractivity contribution >= 4 is 5.97 Å². The highest BCUT2D eigenvalue weighted by molar-refractivity contribution is 5.90. The zero-order chi connectivity index (χ0) is 11.4. The third kappa shape index (κ3) is 2.58. The number of aromatic nitrogens is 2. The number of unbranched alkanes of at least 4 members (excludes halogenated alkanes) is 1. The molecule has 0 bridgehead atoms. The van der Waals surface area contributed by atoms with E-state index in [9.17, 15) is 4.79 Å². The fraction of sp³-hybridized carbons (Fsp3) is 0.636. The van der Waals surface area contributed by atoms with E-state index in [4.69, 9.17) is 5.11 Å². The van der Waals surface area contributed by atoms with Crippen LogP contribution in [0.25, 0.3) is 0 Å². The molecule has 1 aromatic rings. The van der Waals surface area contributed by atoms with E-state index in [0.29, 0.717) is 11.3 Å². The number of rotatable bonds is 5. The highest BCUT2D eigenvalue weighted by atomic mass is 16.4. The molecule has 0 saturated carbocycles. The predicted molar refractivity (Wildman–Crippen MR) is 58.2 cm³/mol. The maximum Gasteiger partial charge on any atom is 0.339 e. The van der Waals surface area contributed by atoms with Gasteiger partial charge in [0, 0.05) is 0 Å². The minimum atomic E-state index is -0.876. The lowest BCUT2D eigenvalue weighted by Crippen LogP contribution is -2.05. The van der Waals surface area contributed by atoms with E-state index >= 15 is 0 Å². The van der Waals surface area contributed by atoms with Crippen LogP contribution in [0.15, 0.2) is 0 Å². The van der Waals surface area contributed by atoms with Crippen molar-refractivity contribution in [2.24, 2.45) is 0 Å². The standard InChI is InChI=1S/C11H18N2O2/c1-4-5-6-8-9(11(14)15)10(7(2)3)13-12-8/h7H,4-6H2,1-3H3,(H,12,13)(H,14,15).